The number of rotatable bonds is 8. The molecule has 0 radical (unpaired) electrons. The minimum absolute atomic E-state index is 0.364. The van der Waals surface area contributed by atoms with Gasteiger partial charge in [0.15, 0.2) is 0 Å². The van der Waals surface area contributed by atoms with E-state index in [0.717, 1.165) is 32.5 Å². The molecule has 94 valence electrons. The highest BCUT2D eigenvalue weighted by Crippen LogP contribution is 2.11. The Morgan fingerprint density at radius 1 is 1.44 bits per heavy atom. The summed E-state index contributed by atoms with van der Waals surface area (Å²) in [5.41, 5.74) is -0.364. The van der Waals surface area contributed by atoms with E-state index in [1.165, 1.54) is 0 Å². The fourth-order valence-electron chi connectivity index (χ4n) is 1.79. The predicted octanol–water partition coefficient (Wildman–Crippen LogP) is 2.25. The lowest BCUT2D eigenvalue weighted by Gasteiger charge is -2.25. The molecule has 0 heterocycles. The predicted molar refractivity (Wildman–Crippen MR) is 69.3 cm³/mol. The van der Waals surface area contributed by atoms with Gasteiger partial charge in [0, 0.05) is 6.54 Å². The molecule has 0 fully saturated rings. The molecule has 0 aliphatic rings. The van der Waals surface area contributed by atoms with E-state index in [9.17, 15) is 0 Å². The van der Waals surface area contributed by atoms with E-state index in [1.807, 2.05) is 14.0 Å². The Bertz CT molecular complexity index is 220. The molecule has 0 saturated carbocycles. The highest BCUT2D eigenvalue weighted by molar-refractivity contribution is 5.02. The van der Waals surface area contributed by atoms with Gasteiger partial charge in [-0.1, -0.05) is 20.8 Å². The minimum Gasteiger partial charge on any atom is -0.303 e. The molecular formula is C13H27N3. The number of nitrogens with one attached hydrogen (secondary N) is 1. The van der Waals surface area contributed by atoms with Crippen LogP contribution < -0.4 is 5.32 Å². The second kappa shape index (κ2) is 7.65. The van der Waals surface area contributed by atoms with Crippen molar-refractivity contribution in [1.82, 2.24) is 10.2 Å². The van der Waals surface area contributed by atoms with Gasteiger partial charge in [-0.05, 0) is 45.8 Å². The normalized spacial score (nSPS) is 15.1. The zero-order chi connectivity index (χ0) is 12.6. The van der Waals surface area contributed by atoms with Gasteiger partial charge in [-0.2, -0.15) is 5.26 Å². The molecule has 0 aromatic heterocycles. The summed E-state index contributed by atoms with van der Waals surface area (Å²) in [6, 6.07) is 2.33. The van der Waals surface area contributed by atoms with Crippen molar-refractivity contribution in [2.75, 3.05) is 26.7 Å². The van der Waals surface area contributed by atoms with Crippen LogP contribution in [-0.4, -0.2) is 37.1 Å². The first-order chi connectivity index (χ1) is 7.47. The SMILES string of the molecule is CCN(CCCC(C)(C#N)NC)CC(C)C. The summed E-state index contributed by atoms with van der Waals surface area (Å²) in [4.78, 5) is 2.46. The molecule has 3 heteroatoms. The van der Waals surface area contributed by atoms with Gasteiger partial charge < -0.3 is 10.2 Å². The van der Waals surface area contributed by atoms with Gasteiger partial charge in [-0.15, -0.1) is 0 Å². The average Bonchev–Trinajstić information content (AvgIpc) is 2.26. The third kappa shape index (κ3) is 6.09. The maximum absolute atomic E-state index is 9.03. The Kier molecular flexibility index (Phi) is 7.36. The van der Waals surface area contributed by atoms with Crippen molar-refractivity contribution in [3.8, 4) is 6.07 Å². The molecule has 0 spiro atoms. The summed E-state index contributed by atoms with van der Waals surface area (Å²) in [5.74, 6) is 0.714. The zero-order valence-corrected chi connectivity index (χ0v) is 11.5. The maximum Gasteiger partial charge on any atom is 0.103 e. The standard InChI is InChI=1S/C13H27N3/c1-6-16(10-12(2)3)9-7-8-13(4,11-14)15-5/h12,15H,6-10H2,1-5H3. The highest BCUT2D eigenvalue weighted by Gasteiger charge is 2.20. The Morgan fingerprint density at radius 2 is 2.06 bits per heavy atom. The van der Waals surface area contributed by atoms with E-state index in [2.05, 4.69) is 37.1 Å². The third-order valence-electron chi connectivity index (χ3n) is 3.02. The van der Waals surface area contributed by atoms with Crippen LogP contribution in [0.4, 0.5) is 0 Å². The van der Waals surface area contributed by atoms with Crippen LogP contribution >= 0.6 is 0 Å². The maximum atomic E-state index is 9.03. The van der Waals surface area contributed by atoms with Crippen LogP contribution in [0, 0.1) is 17.2 Å². The third-order valence-corrected chi connectivity index (χ3v) is 3.02. The van der Waals surface area contributed by atoms with E-state index in [4.69, 9.17) is 5.26 Å². The van der Waals surface area contributed by atoms with Crippen LogP contribution in [0.3, 0.4) is 0 Å². The average molecular weight is 225 g/mol. The van der Waals surface area contributed by atoms with Crippen molar-refractivity contribution >= 4 is 0 Å². The molecule has 0 aromatic rings. The topological polar surface area (TPSA) is 39.1 Å². The smallest absolute Gasteiger partial charge is 0.103 e. The summed E-state index contributed by atoms with van der Waals surface area (Å²) >= 11 is 0. The minimum atomic E-state index is -0.364. The lowest BCUT2D eigenvalue weighted by atomic mass is 9.98. The van der Waals surface area contributed by atoms with Crippen molar-refractivity contribution in [2.45, 2.75) is 46.1 Å². The molecule has 1 unspecified atom stereocenters. The first-order valence-electron chi connectivity index (χ1n) is 6.30. The number of nitriles is 1. The number of hydrogen-bond donors (Lipinski definition) is 1. The first kappa shape index (κ1) is 15.4. The van der Waals surface area contributed by atoms with E-state index < -0.39 is 0 Å². The monoisotopic (exact) mass is 225 g/mol. The lowest BCUT2D eigenvalue weighted by Crippen LogP contribution is -2.39. The molecular weight excluding hydrogens is 198 g/mol. The van der Waals surface area contributed by atoms with Crippen LogP contribution in [0.5, 0.6) is 0 Å². The zero-order valence-electron chi connectivity index (χ0n) is 11.5. The number of hydrogen-bond acceptors (Lipinski definition) is 3. The van der Waals surface area contributed by atoms with E-state index in [0.29, 0.717) is 5.92 Å². The lowest BCUT2D eigenvalue weighted by molar-refractivity contribution is 0.244. The molecule has 16 heavy (non-hydrogen) atoms. The molecule has 0 bridgehead atoms. The van der Waals surface area contributed by atoms with Crippen molar-refractivity contribution < 1.29 is 0 Å². The Hall–Kier alpha value is -0.590. The van der Waals surface area contributed by atoms with Gasteiger partial charge >= 0.3 is 0 Å². The van der Waals surface area contributed by atoms with E-state index in [1.54, 1.807) is 0 Å². The first-order valence-corrected chi connectivity index (χ1v) is 6.30. The summed E-state index contributed by atoms with van der Waals surface area (Å²) in [5, 5.41) is 12.1. The Morgan fingerprint density at radius 3 is 2.44 bits per heavy atom. The molecule has 0 amide bonds. The molecule has 0 aliphatic carbocycles. The summed E-state index contributed by atoms with van der Waals surface area (Å²) in [7, 11) is 1.86. The molecule has 0 saturated heterocycles. The van der Waals surface area contributed by atoms with Gasteiger partial charge in [-0.3, -0.25) is 0 Å². The van der Waals surface area contributed by atoms with Gasteiger partial charge in [0.05, 0.1) is 6.07 Å². The fourth-order valence-corrected chi connectivity index (χ4v) is 1.79. The van der Waals surface area contributed by atoms with Crippen LogP contribution in [0.15, 0.2) is 0 Å². The van der Waals surface area contributed by atoms with Crippen molar-refractivity contribution in [3.63, 3.8) is 0 Å². The van der Waals surface area contributed by atoms with Crippen LogP contribution in [-0.2, 0) is 0 Å². The Balaban J connectivity index is 3.91. The van der Waals surface area contributed by atoms with E-state index >= 15 is 0 Å². The molecule has 3 nitrogen and oxygen atoms in total. The van der Waals surface area contributed by atoms with Gasteiger partial charge in [-0.25, -0.2) is 0 Å². The molecule has 0 rings (SSSR count). The van der Waals surface area contributed by atoms with Crippen molar-refractivity contribution in [1.29, 1.82) is 5.26 Å². The van der Waals surface area contributed by atoms with Crippen LogP contribution in [0.1, 0.15) is 40.5 Å². The van der Waals surface area contributed by atoms with Gasteiger partial charge in [0.25, 0.3) is 0 Å². The quantitative estimate of drug-likeness (QED) is 0.688. The van der Waals surface area contributed by atoms with Crippen LogP contribution in [0.2, 0.25) is 0 Å². The van der Waals surface area contributed by atoms with Crippen LogP contribution in [0.25, 0.3) is 0 Å². The second-order valence-electron chi connectivity index (χ2n) is 5.08. The summed E-state index contributed by atoms with van der Waals surface area (Å²) in [6.07, 6.45) is 1.99. The molecule has 1 atom stereocenters. The molecule has 0 aromatic carbocycles. The second-order valence-corrected chi connectivity index (χ2v) is 5.08. The Labute approximate surface area is 101 Å². The largest absolute Gasteiger partial charge is 0.303 e. The molecule has 1 N–H and O–H groups in total. The van der Waals surface area contributed by atoms with Gasteiger partial charge in [0.1, 0.15) is 5.54 Å². The molecule has 0 aliphatic heterocycles. The van der Waals surface area contributed by atoms with Crippen molar-refractivity contribution in [2.24, 2.45) is 5.92 Å². The summed E-state index contributed by atoms with van der Waals surface area (Å²) in [6.45, 7) is 12.0. The highest BCUT2D eigenvalue weighted by atomic mass is 15.1. The van der Waals surface area contributed by atoms with Crippen molar-refractivity contribution in [3.05, 3.63) is 0 Å². The fraction of sp³-hybridized carbons (Fsp3) is 0.923. The summed E-state index contributed by atoms with van der Waals surface area (Å²) < 4.78 is 0. The number of nitrogens with zero attached hydrogens (tertiary/aromatic N) is 2. The van der Waals surface area contributed by atoms with Gasteiger partial charge in [0.2, 0.25) is 0 Å². The van der Waals surface area contributed by atoms with E-state index in [-0.39, 0.29) is 5.54 Å².